The molecule has 110 valence electrons. The highest BCUT2D eigenvalue weighted by Crippen LogP contribution is 2.22. The number of ether oxygens (including phenoxy) is 2. The van der Waals surface area contributed by atoms with Crippen LogP contribution in [0.2, 0.25) is 0 Å². The van der Waals surface area contributed by atoms with Crippen LogP contribution in [-0.2, 0) is 24.4 Å². The molecule has 2 heterocycles. The average Bonchev–Trinajstić information content (AvgIpc) is 2.93. The van der Waals surface area contributed by atoms with Crippen molar-refractivity contribution in [1.82, 2.24) is 10.3 Å². The molecule has 1 N–H and O–H groups in total. The van der Waals surface area contributed by atoms with E-state index in [0.29, 0.717) is 19.8 Å². The number of rotatable bonds is 5. The summed E-state index contributed by atoms with van der Waals surface area (Å²) in [6, 6.07) is 5.58. The number of hydrogen-bond acceptors (Lipinski definition) is 5. The third-order valence-electron chi connectivity index (χ3n) is 3.26. The molecular formula is C15H16N2O3S. The van der Waals surface area contributed by atoms with Crippen LogP contribution in [0.3, 0.4) is 0 Å². The van der Waals surface area contributed by atoms with E-state index in [1.807, 2.05) is 23.6 Å². The molecule has 0 bridgehead atoms. The predicted octanol–water partition coefficient (Wildman–Crippen LogP) is 2.15. The highest BCUT2D eigenvalue weighted by atomic mass is 32.1. The van der Waals surface area contributed by atoms with E-state index in [0.717, 1.165) is 34.0 Å². The van der Waals surface area contributed by atoms with Gasteiger partial charge in [-0.25, -0.2) is 4.98 Å². The van der Waals surface area contributed by atoms with Crippen LogP contribution < -0.4 is 10.1 Å². The Morgan fingerprint density at radius 3 is 3.14 bits per heavy atom. The van der Waals surface area contributed by atoms with Gasteiger partial charge in [-0.3, -0.25) is 4.79 Å². The molecule has 1 aliphatic rings. The number of methoxy groups -OCH3 is 1. The Kier molecular flexibility index (Phi) is 4.17. The summed E-state index contributed by atoms with van der Waals surface area (Å²) in [5, 5.41) is 5.75. The van der Waals surface area contributed by atoms with Gasteiger partial charge >= 0.3 is 0 Å². The summed E-state index contributed by atoms with van der Waals surface area (Å²) in [5.41, 5.74) is 2.67. The number of carbonyl (C=O) groups is 1. The first-order chi connectivity index (χ1) is 10.3. The third kappa shape index (κ3) is 3.22. The molecule has 1 aromatic heterocycles. The molecule has 0 spiro atoms. The summed E-state index contributed by atoms with van der Waals surface area (Å²) in [6.45, 7) is 1.63. The number of carbonyl (C=O) groups excluding carboxylic acids is 1. The normalized spacial score (nSPS) is 13.7. The second-order valence-corrected chi connectivity index (χ2v) is 5.72. The lowest BCUT2D eigenvalue weighted by Gasteiger charge is -2.17. The molecule has 1 aliphatic heterocycles. The first-order valence-electron chi connectivity index (χ1n) is 6.72. The topological polar surface area (TPSA) is 60.5 Å². The highest BCUT2D eigenvalue weighted by Gasteiger charge is 2.16. The Bertz CT molecular complexity index is 654. The lowest BCUT2D eigenvalue weighted by Crippen LogP contribution is -2.31. The molecule has 0 radical (unpaired) electrons. The molecule has 0 fully saturated rings. The van der Waals surface area contributed by atoms with Gasteiger partial charge in [-0.05, 0) is 30.2 Å². The van der Waals surface area contributed by atoms with Crippen molar-refractivity contribution in [2.24, 2.45) is 0 Å². The van der Waals surface area contributed by atoms with Crippen LogP contribution in [0.4, 0.5) is 0 Å². The fraction of sp³-hybridized carbons (Fsp3) is 0.333. The monoisotopic (exact) mass is 304 g/mol. The van der Waals surface area contributed by atoms with Gasteiger partial charge in [0.25, 0.3) is 5.91 Å². The zero-order valence-electron chi connectivity index (χ0n) is 11.7. The van der Waals surface area contributed by atoms with Gasteiger partial charge in [-0.2, -0.15) is 0 Å². The summed E-state index contributed by atoms with van der Waals surface area (Å²) >= 11 is 1.56. The van der Waals surface area contributed by atoms with Crippen molar-refractivity contribution in [3.63, 3.8) is 0 Å². The zero-order valence-corrected chi connectivity index (χ0v) is 12.5. The summed E-state index contributed by atoms with van der Waals surface area (Å²) in [7, 11) is 1.65. The summed E-state index contributed by atoms with van der Waals surface area (Å²) in [4.78, 5) is 16.1. The number of benzene rings is 1. The van der Waals surface area contributed by atoms with Crippen LogP contribution in [0.1, 0.15) is 26.6 Å². The first-order valence-corrected chi connectivity index (χ1v) is 7.60. The van der Waals surface area contributed by atoms with Crippen LogP contribution in [0, 0.1) is 0 Å². The van der Waals surface area contributed by atoms with E-state index >= 15 is 0 Å². The predicted molar refractivity (Wildman–Crippen MR) is 79.6 cm³/mol. The molecule has 6 heteroatoms. The maximum Gasteiger partial charge on any atom is 0.251 e. The van der Waals surface area contributed by atoms with Gasteiger partial charge in [-0.15, -0.1) is 11.3 Å². The molecule has 0 atom stereocenters. The van der Waals surface area contributed by atoms with Crippen LogP contribution >= 0.6 is 11.3 Å². The largest absolute Gasteiger partial charge is 0.487 e. The number of nitrogens with one attached hydrogen (secondary N) is 1. The Morgan fingerprint density at radius 1 is 1.38 bits per heavy atom. The van der Waals surface area contributed by atoms with Gasteiger partial charge < -0.3 is 14.8 Å². The fourth-order valence-corrected chi connectivity index (χ4v) is 3.01. The maximum atomic E-state index is 11.7. The minimum absolute atomic E-state index is 0.00786. The van der Waals surface area contributed by atoms with E-state index in [2.05, 4.69) is 10.3 Å². The van der Waals surface area contributed by atoms with Crippen LogP contribution in [-0.4, -0.2) is 24.5 Å². The molecule has 1 aromatic carbocycles. The van der Waals surface area contributed by atoms with Gasteiger partial charge in [-0.1, -0.05) is 0 Å². The van der Waals surface area contributed by atoms with E-state index in [4.69, 9.17) is 9.47 Å². The zero-order chi connectivity index (χ0) is 14.7. The number of fused-ring (bicyclic) bond motifs is 1. The van der Waals surface area contributed by atoms with Crippen LogP contribution in [0.25, 0.3) is 0 Å². The molecule has 2 aromatic rings. The molecule has 0 saturated carbocycles. The Hall–Kier alpha value is -1.92. The molecule has 0 unspecified atom stereocenters. The number of nitrogens with zero attached hydrogens (tertiary/aromatic N) is 1. The van der Waals surface area contributed by atoms with E-state index < -0.39 is 0 Å². The second-order valence-electron chi connectivity index (χ2n) is 4.78. The number of hydrogen-bond donors (Lipinski definition) is 1. The fourth-order valence-electron chi connectivity index (χ4n) is 2.26. The molecular weight excluding hydrogens is 288 g/mol. The third-order valence-corrected chi connectivity index (χ3v) is 4.13. The summed E-state index contributed by atoms with van der Waals surface area (Å²) < 4.78 is 10.8. The van der Waals surface area contributed by atoms with Crippen molar-refractivity contribution < 1.29 is 14.3 Å². The summed E-state index contributed by atoms with van der Waals surface area (Å²) in [6.07, 6.45) is 0.840. The Labute approximate surface area is 126 Å². The smallest absolute Gasteiger partial charge is 0.251 e. The molecule has 5 nitrogen and oxygen atoms in total. The van der Waals surface area contributed by atoms with Crippen LogP contribution in [0.5, 0.6) is 5.75 Å². The van der Waals surface area contributed by atoms with E-state index in [1.165, 1.54) is 0 Å². The standard InChI is InChI=1S/C15H16N2O3S/c1-19-8-14-17-11(9-21-14)7-20-12-2-3-13-10(6-12)4-5-16-15(13)18/h2-3,6,9H,4-5,7-8H2,1H3,(H,16,18). The minimum Gasteiger partial charge on any atom is -0.487 e. The molecule has 0 saturated heterocycles. The maximum absolute atomic E-state index is 11.7. The molecule has 21 heavy (non-hydrogen) atoms. The van der Waals surface area contributed by atoms with Crippen molar-refractivity contribution >= 4 is 17.2 Å². The number of thiazole rings is 1. The average molecular weight is 304 g/mol. The van der Waals surface area contributed by atoms with Crippen molar-refractivity contribution in [1.29, 1.82) is 0 Å². The van der Waals surface area contributed by atoms with Crippen LogP contribution in [0.15, 0.2) is 23.6 Å². The van der Waals surface area contributed by atoms with Crippen molar-refractivity contribution in [3.05, 3.63) is 45.4 Å². The molecule has 1 amide bonds. The van der Waals surface area contributed by atoms with E-state index in [9.17, 15) is 4.79 Å². The van der Waals surface area contributed by atoms with Gasteiger partial charge in [0.2, 0.25) is 0 Å². The quantitative estimate of drug-likeness (QED) is 0.919. The minimum atomic E-state index is -0.00786. The molecule has 3 rings (SSSR count). The Balaban J connectivity index is 1.66. The highest BCUT2D eigenvalue weighted by molar-refractivity contribution is 7.09. The van der Waals surface area contributed by atoms with E-state index in [-0.39, 0.29) is 5.91 Å². The van der Waals surface area contributed by atoms with Crippen molar-refractivity contribution in [3.8, 4) is 5.75 Å². The SMILES string of the molecule is COCc1nc(COc2ccc3c(c2)CCNC3=O)cs1. The molecule has 0 aliphatic carbocycles. The number of amides is 1. The second kappa shape index (κ2) is 6.24. The lowest BCUT2D eigenvalue weighted by atomic mass is 10.0. The summed E-state index contributed by atoms with van der Waals surface area (Å²) in [5.74, 6) is 0.760. The first kappa shape index (κ1) is 14.0. The van der Waals surface area contributed by atoms with Gasteiger partial charge in [0.1, 0.15) is 17.4 Å². The van der Waals surface area contributed by atoms with Crippen molar-refractivity contribution in [2.45, 2.75) is 19.6 Å². The van der Waals surface area contributed by atoms with Gasteiger partial charge in [0.15, 0.2) is 0 Å². The van der Waals surface area contributed by atoms with Gasteiger partial charge in [0, 0.05) is 24.6 Å². The number of aromatic nitrogens is 1. The lowest BCUT2D eigenvalue weighted by molar-refractivity contribution is 0.0946. The van der Waals surface area contributed by atoms with Gasteiger partial charge in [0.05, 0.1) is 12.3 Å². The Morgan fingerprint density at radius 2 is 2.29 bits per heavy atom. The van der Waals surface area contributed by atoms with Crippen molar-refractivity contribution in [2.75, 3.05) is 13.7 Å². The van der Waals surface area contributed by atoms with E-state index in [1.54, 1.807) is 18.4 Å².